The average molecular weight is 346 g/mol. The van der Waals surface area contributed by atoms with E-state index in [0.29, 0.717) is 25.2 Å². The SMILES string of the molecule is CCC(C)C(=O)N1CCCC(C(=O)N(CC(=O)O)c2ccccc2)C1. The quantitative estimate of drug-likeness (QED) is 0.858. The number of likely N-dealkylation sites (tertiary alicyclic amines) is 1. The van der Waals surface area contributed by atoms with Crippen LogP contribution < -0.4 is 4.90 Å². The second-order valence-corrected chi connectivity index (χ2v) is 6.59. The summed E-state index contributed by atoms with van der Waals surface area (Å²) in [6, 6.07) is 8.83. The molecule has 25 heavy (non-hydrogen) atoms. The summed E-state index contributed by atoms with van der Waals surface area (Å²) in [5, 5.41) is 9.18. The maximum absolute atomic E-state index is 13.0. The first-order valence-corrected chi connectivity index (χ1v) is 8.81. The van der Waals surface area contributed by atoms with Crippen LogP contribution in [0.1, 0.15) is 33.1 Å². The topological polar surface area (TPSA) is 77.9 Å². The number of carbonyl (C=O) groups is 3. The average Bonchev–Trinajstić information content (AvgIpc) is 2.65. The van der Waals surface area contributed by atoms with E-state index >= 15 is 0 Å². The van der Waals surface area contributed by atoms with Gasteiger partial charge in [0.15, 0.2) is 0 Å². The number of anilines is 1. The van der Waals surface area contributed by atoms with E-state index in [1.54, 1.807) is 29.2 Å². The number of amides is 2. The van der Waals surface area contributed by atoms with Crippen molar-refractivity contribution in [3.8, 4) is 0 Å². The van der Waals surface area contributed by atoms with Crippen LogP contribution in [-0.2, 0) is 14.4 Å². The summed E-state index contributed by atoms with van der Waals surface area (Å²) in [4.78, 5) is 39.7. The molecular weight excluding hydrogens is 320 g/mol. The summed E-state index contributed by atoms with van der Waals surface area (Å²) < 4.78 is 0. The highest BCUT2D eigenvalue weighted by molar-refractivity contribution is 5.99. The van der Waals surface area contributed by atoms with Crippen LogP contribution in [0.4, 0.5) is 5.69 Å². The summed E-state index contributed by atoms with van der Waals surface area (Å²) >= 11 is 0. The number of hydrogen-bond acceptors (Lipinski definition) is 3. The fraction of sp³-hybridized carbons (Fsp3) is 0.526. The van der Waals surface area contributed by atoms with Gasteiger partial charge < -0.3 is 14.9 Å². The lowest BCUT2D eigenvalue weighted by atomic mass is 9.94. The van der Waals surface area contributed by atoms with Crippen LogP contribution in [0.25, 0.3) is 0 Å². The summed E-state index contributed by atoms with van der Waals surface area (Å²) in [7, 11) is 0. The highest BCUT2D eigenvalue weighted by Crippen LogP contribution is 2.24. The van der Waals surface area contributed by atoms with Gasteiger partial charge in [0.2, 0.25) is 11.8 Å². The van der Waals surface area contributed by atoms with Gasteiger partial charge in [-0.25, -0.2) is 0 Å². The van der Waals surface area contributed by atoms with Crippen molar-refractivity contribution in [3.05, 3.63) is 30.3 Å². The Morgan fingerprint density at radius 2 is 1.96 bits per heavy atom. The minimum Gasteiger partial charge on any atom is -0.480 e. The number of carboxylic acids is 1. The lowest BCUT2D eigenvalue weighted by molar-refractivity contribution is -0.140. The predicted molar refractivity (Wildman–Crippen MR) is 95.2 cm³/mol. The van der Waals surface area contributed by atoms with Gasteiger partial charge in [0, 0.05) is 24.7 Å². The molecule has 1 aromatic carbocycles. The van der Waals surface area contributed by atoms with Gasteiger partial charge in [0.05, 0.1) is 5.92 Å². The molecule has 2 unspecified atom stereocenters. The molecule has 1 fully saturated rings. The van der Waals surface area contributed by atoms with Gasteiger partial charge in [0.25, 0.3) is 0 Å². The normalized spacial score (nSPS) is 18.5. The molecule has 1 N–H and O–H groups in total. The van der Waals surface area contributed by atoms with Crippen molar-refractivity contribution in [2.24, 2.45) is 11.8 Å². The predicted octanol–water partition coefficient (Wildman–Crippen LogP) is 2.39. The van der Waals surface area contributed by atoms with Crippen LogP contribution in [0.3, 0.4) is 0 Å². The van der Waals surface area contributed by atoms with Gasteiger partial charge in [-0.3, -0.25) is 14.4 Å². The van der Waals surface area contributed by atoms with E-state index in [-0.39, 0.29) is 30.2 Å². The number of para-hydroxylation sites is 1. The fourth-order valence-corrected chi connectivity index (χ4v) is 3.13. The molecule has 2 rings (SSSR count). The molecule has 0 radical (unpaired) electrons. The number of nitrogens with zero attached hydrogens (tertiary/aromatic N) is 2. The van der Waals surface area contributed by atoms with Gasteiger partial charge >= 0.3 is 5.97 Å². The molecular formula is C19H26N2O4. The Balaban J connectivity index is 2.15. The first-order chi connectivity index (χ1) is 11.9. The van der Waals surface area contributed by atoms with Crippen molar-refractivity contribution in [2.45, 2.75) is 33.1 Å². The second-order valence-electron chi connectivity index (χ2n) is 6.59. The number of piperidine rings is 1. The highest BCUT2D eigenvalue weighted by atomic mass is 16.4. The Labute approximate surface area is 148 Å². The van der Waals surface area contributed by atoms with Crippen molar-refractivity contribution in [1.29, 1.82) is 0 Å². The smallest absolute Gasteiger partial charge is 0.323 e. The zero-order chi connectivity index (χ0) is 18.4. The number of benzene rings is 1. The zero-order valence-corrected chi connectivity index (χ0v) is 14.9. The number of aliphatic carboxylic acids is 1. The van der Waals surface area contributed by atoms with E-state index < -0.39 is 5.97 Å². The summed E-state index contributed by atoms with van der Waals surface area (Å²) in [6.07, 6.45) is 2.20. The lowest BCUT2D eigenvalue weighted by Crippen LogP contribution is -2.49. The summed E-state index contributed by atoms with van der Waals surface area (Å²) in [5.74, 6) is -1.63. The number of hydrogen-bond donors (Lipinski definition) is 1. The lowest BCUT2D eigenvalue weighted by Gasteiger charge is -2.35. The van der Waals surface area contributed by atoms with Crippen molar-refractivity contribution < 1.29 is 19.5 Å². The zero-order valence-electron chi connectivity index (χ0n) is 14.9. The molecule has 0 aliphatic carbocycles. The van der Waals surface area contributed by atoms with E-state index in [1.807, 2.05) is 19.9 Å². The van der Waals surface area contributed by atoms with E-state index in [0.717, 1.165) is 12.8 Å². The molecule has 0 spiro atoms. The van der Waals surface area contributed by atoms with Crippen LogP contribution >= 0.6 is 0 Å². The second kappa shape index (κ2) is 8.65. The van der Waals surface area contributed by atoms with Gasteiger partial charge in [-0.05, 0) is 31.4 Å². The van der Waals surface area contributed by atoms with Crippen molar-refractivity contribution in [1.82, 2.24) is 4.90 Å². The number of carboxylic acid groups (broad SMARTS) is 1. The van der Waals surface area contributed by atoms with Crippen LogP contribution in [-0.4, -0.2) is 47.4 Å². The molecule has 1 aromatic rings. The molecule has 0 saturated carbocycles. The molecule has 0 aromatic heterocycles. The molecule has 1 aliphatic rings. The van der Waals surface area contributed by atoms with E-state index in [4.69, 9.17) is 0 Å². The van der Waals surface area contributed by atoms with Crippen LogP contribution in [0.15, 0.2) is 30.3 Å². The van der Waals surface area contributed by atoms with Crippen molar-refractivity contribution in [2.75, 3.05) is 24.5 Å². The highest BCUT2D eigenvalue weighted by Gasteiger charge is 2.33. The Morgan fingerprint density at radius 3 is 2.56 bits per heavy atom. The minimum atomic E-state index is -1.06. The van der Waals surface area contributed by atoms with Crippen LogP contribution in [0, 0.1) is 11.8 Å². The maximum atomic E-state index is 13.0. The van der Waals surface area contributed by atoms with Gasteiger partial charge in [0.1, 0.15) is 6.54 Å². The minimum absolute atomic E-state index is 0.0573. The van der Waals surface area contributed by atoms with Crippen LogP contribution in [0.2, 0.25) is 0 Å². The molecule has 1 heterocycles. The summed E-state index contributed by atoms with van der Waals surface area (Å²) in [6.45, 7) is 4.52. The maximum Gasteiger partial charge on any atom is 0.323 e. The van der Waals surface area contributed by atoms with E-state index in [1.165, 1.54) is 4.90 Å². The van der Waals surface area contributed by atoms with Crippen molar-refractivity contribution in [3.63, 3.8) is 0 Å². The summed E-state index contributed by atoms with van der Waals surface area (Å²) in [5.41, 5.74) is 0.570. The molecule has 2 atom stereocenters. The third kappa shape index (κ3) is 4.81. The molecule has 6 heteroatoms. The first kappa shape index (κ1) is 19.0. The fourth-order valence-electron chi connectivity index (χ4n) is 3.13. The molecule has 0 bridgehead atoms. The third-order valence-electron chi connectivity index (χ3n) is 4.74. The Kier molecular flexibility index (Phi) is 6.56. The van der Waals surface area contributed by atoms with E-state index in [2.05, 4.69) is 0 Å². The standard InChI is InChI=1S/C19H26N2O4/c1-3-14(2)18(24)20-11-7-8-15(12-20)19(25)21(13-17(22)23)16-9-5-4-6-10-16/h4-6,9-10,14-15H,3,7-8,11-13H2,1-2H3,(H,22,23). The molecule has 1 saturated heterocycles. The monoisotopic (exact) mass is 346 g/mol. The first-order valence-electron chi connectivity index (χ1n) is 8.81. The van der Waals surface area contributed by atoms with Gasteiger partial charge in [-0.15, -0.1) is 0 Å². The van der Waals surface area contributed by atoms with Gasteiger partial charge in [-0.1, -0.05) is 32.0 Å². The Bertz CT molecular complexity index is 617. The van der Waals surface area contributed by atoms with Crippen molar-refractivity contribution >= 4 is 23.5 Å². The number of rotatable bonds is 6. The largest absolute Gasteiger partial charge is 0.480 e. The number of carbonyl (C=O) groups excluding carboxylic acids is 2. The Hall–Kier alpha value is -2.37. The molecule has 136 valence electrons. The molecule has 1 aliphatic heterocycles. The molecule has 2 amide bonds. The molecule has 6 nitrogen and oxygen atoms in total. The van der Waals surface area contributed by atoms with E-state index in [9.17, 15) is 19.5 Å². The van der Waals surface area contributed by atoms with Gasteiger partial charge in [-0.2, -0.15) is 0 Å². The van der Waals surface area contributed by atoms with Crippen LogP contribution in [0.5, 0.6) is 0 Å². The Morgan fingerprint density at radius 1 is 1.28 bits per heavy atom. The third-order valence-corrected chi connectivity index (χ3v) is 4.74.